The maximum atomic E-state index is 13.8. The number of rotatable bonds is 5. The second-order valence-corrected chi connectivity index (χ2v) is 7.83. The normalized spacial score (nSPS) is 18.5. The van der Waals surface area contributed by atoms with E-state index in [-0.39, 0.29) is 11.7 Å². The zero-order valence-electron chi connectivity index (χ0n) is 16.8. The van der Waals surface area contributed by atoms with Crippen LogP contribution in [0, 0.1) is 5.82 Å². The molecule has 2 aromatic carbocycles. The van der Waals surface area contributed by atoms with E-state index in [1.807, 2.05) is 23.1 Å². The van der Waals surface area contributed by atoms with Gasteiger partial charge in [0.25, 0.3) is 0 Å². The van der Waals surface area contributed by atoms with Crippen LogP contribution in [0.2, 0.25) is 0 Å². The van der Waals surface area contributed by atoms with Crippen LogP contribution < -0.4 is 0 Å². The lowest BCUT2D eigenvalue weighted by Crippen LogP contribution is -2.51. The summed E-state index contributed by atoms with van der Waals surface area (Å²) in [5.41, 5.74) is 3.38. The van der Waals surface area contributed by atoms with E-state index in [1.54, 1.807) is 6.07 Å². The smallest absolute Gasteiger partial charge is 0.236 e. The molecule has 2 aliphatic heterocycles. The van der Waals surface area contributed by atoms with Gasteiger partial charge in [-0.15, -0.1) is 0 Å². The fourth-order valence-corrected chi connectivity index (χ4v) is 4.08. The van der Waals surface area contributed by atoms with Gasteiger partial charge in [-0.2, -0.15) is 0 Å². The quantitative estimate of drug-likeness (QED) is 0.780. The summed E-state index contributed by atoms with van der Waals surface area (Å²) in [5.74, 6) is 0.0473. The topological polar surface area (TPSA) is 26.8 Å². The Balaban J connectivity index is 1.23. The molecule has 1 saturated heterocycles. The fraction of sp³-hybridized carbons (Fsp3) is 0.375. The van der Waals surface area contributed by atoms with E-state index in [2.05, 4.69) is 40.1 Å². The van der Waals surface area contributed by atoms with Crippen LogP contribution in [0.5, 0.6) is 0 Å². The molecule has 0 aromatic heterocycles. The summed E-state index contributed by atoms with van der Waals surface area (Å²) in [7, 11) is 0. The summed E-state index contributed by atoms with van der Waals surface area (Å²) >= 11 is 0. The number of hydrogen-bond donors (Lipinski definition) is 0. The molecular formula is C24H28FN3O. The van der Waals surface area contributed by atoms with Gasteiger partial charge in [0, 0.05) is 51.4 Å². The number of carbonyl (C=O) groups is 1. The second-order valence-electron chi connectivity index (χ2n) is 7.83. The maximum Gasteiger partial charge on any atom is 0.236 e. The minimum atomic E-state index is -0.154. The molecule has 29 heavy (non-hydrogen) atoms. The second kappa shape index (κ2) is 9.33. The highest BCUT2D eigenvalue weighted by atomic mass is 19.1. The number of nitrogens with zero attached hydrogens (tertiary/aromatic N) is 3. The van der Waals surface area contributed by atoms with Crippen molar-refractivity contribution in [2.24, 2.45) is 0 Å². The third kappa shape index (κ3) is 5.11. The molecule has 0 saturated carbocycles. The molecule has 0 unspecified atom stereocenters. The predicted molar refractivity (Wildman–Crippen MR) is 114 cm³/mol. The lowest BCUT2D eigenvalue weighted by atomic mass is 9.99. The molecule has 0 radical (unpaired) electrons. The molecule has 2 heterocycles. The largest absolute Gasteiger partial charge is 0.339 e. The van der Waals surface area contributed by atoms with E-state index in [0.717, 1.165) is 38.2 Å². The standard InChI is InChI=1S/C24H28FN3O/c25-23-9-5-4-8-22(23)18-27-14-16-28(17-15-27)24(29)19-26-12-10-21(11-13-26)20-6-2-1-3-7-20/h1-10H,11-19H2. The molecule has 0 aliphatic carbocycles. The molecule has 0 atom stereocenters. The van der Waals surface area contributed by atoms with Gasteiger partial charge in [0.05, 0.1) is 6.54 Å². The molecule has 4 nitrogen and oxygen atoms in total. The van der Waals surface area contributed by atoms with Crippen LogP contribution >= 0.6 is 0 Å². The molecule has 152 valence electrons. The first-order chi connectivity index (χ1) is 14.2. The number of halogens is 1. The molecule has 0 bridgehead atoms. The van der Waals surface area contributed by atoms with Crippen LogP contribution in [-0.2, 0) is 11.3 Å². The van der Waals surface area contributed by atoms with E-state index in [1.165, 1.54) is 17.2 Å². The van der Waals surface area contributed by atoms with Crippen molar-refractivity contribution in [3.8, 4) is 0 Å². The first kappa shape index (κ1) is 19.8. The van der Waals surface area contributed by atoms with Gasteiger partial charge >= 0.3 is 0 Å². The van der Waals surface area contributed by atoms with Gasteiger partial charge in [-0.25, -0.2) is 4.39 Å². The fourth-order valence-electron chi connectivity index (χ4n) is 4.08. The average molecular weight is 394 g/mol. The van der Waals surface area contributed by atoms with Crippen molar-refractivity contribution in [3.63, 3.8) is 0 Å². The van der Waals surface area contributed by atoms with E-state index in [4.69, 9.17) is 0 Å². The Morgan fingerprint density at radius 2 is 1.59 bits per heavy atom. The van der Waals surface area contributed by atoms with Gasteiger partial charge in [-0.05, 0) is 23.6 Å². The van der Waals surface area contributed by atoms with Crippen molar-refractivity contribution in [3.05, 3.63) is 77.6 Å². The molecule has 1 fully saturated rings. The van der Waals surface area contributed by atoms with Crippen LogP contribution in [0.4, 0.5) is 4.39 Å². The van der Waals surface area contributed by atoms with E-state index >= 15 is 0 Å². The van der Waals surface area contributed by atoms with Crippen LogP contribution in [0.15, 0.2) is 60.7 Å². The summed E-state index contributed by atoms with van der Waals surface area (Å²) in [6.45, 7) is 5.83. The average Bonchev–Trinajstić information content (AvgIpc) is 2.77. The summed E-state index contributed by atoms with van der Waals surface area (Å²) < 4.78 is 13.8. The number of hydrogen-bond acceptors (Lipinski definition) is 3. The zero-order valence-corrected chi connectivity index (χ0v) is 16.8. The van der Waals surface area contributed by atoms with Gasteiger partial charge in [-0.1, -0.05) is 54.6 Å². The monoisotopic (exact) mass is 393 g/mol. The van der Waals surface area contributed by atoms with Gasteiger partial charge in [0.2, 0.25) is 5.91 Å². The Kier molecular flexibility index (Phi) is 6.37. The van der Waals surface area contributed by atoms with Crippen molar-refractivity contribution in [1.29, 1.82) is 0 Å². The highest BCUT2D eigenvalue weighted by Gasteiger charge is 2.24. The number of carbonyl (C=O) groups excluding carboxylic acids is 1. The van der Waals surface area contributed by atoms with Crippen molar-refractivity contribution >= 4 is 11.5 Å². The van der Waals surface area contributed by atoms with E-state index in [9.17, 15) is 9.18 Å². The maximum absolute atomic E-state index is 13.8. The third-order valence-electron chi connectivity index (χ3n) is 5.87. The molecule has 0 spiro atoms. The van der Waals surface area contributed by atoms with Crippen LogP contribution in [0.25, 0.3) is 5.57 Å². The first-order valence-electron chi connectivity index (χ1n) is 10.4. The Morgan fingerprint density at radius 1 is 0.862 bits per heavy atom. The highest BCUT2D eigenvalue weighted by Crippen LogP contribution is 2.22. The third-order valence-corrected chi connectivity index (χ3v) is 5.87. The zero-order chi connectivity index (χ0) is 20.1. The van der Waals surface area contributed by atoms with Crippen molar-refractivity contribution in [2.75, 3.05) is 45.8 Å². The molecular weight excluding hydrogens is 365 g/mol. The number of piperazine rings is 1. The van der Waals surface area contributed by atoms with Crippen LogP contribution in [-0.4, -0.2) is 66.4 Å². The van der Waals surface area contributed by atoms with E-state index < -0.39 is 0 Å². The minimum absolute atomic E-state index is 0.154. The predicted octanol–water partition coefficient (Wildman–Crippen LogP) is 3.26. The van der Waals surface area contributed by atoms with Gasteiger partial charge < -0.3 is 4.90 Å². The Labute approximate surface area is 172 Å². The Bertz CT molecular complexity index is 859. The lowest BCUT2D eigenvalue weighted by molar-refractivity contribution is -0.134. The van der Waals surface area contributed by atoms with Crippen molar-refractivity contribution < 1.29 is 9.18 Å². The highest BCUT2D eigenvalue weighted by molar-refractivity contribution is 5.78. The van der Waals surface area contributed by atoms with Crippen LogP contribution in [0.1, 0.15) is 17.5 Å². The molecule has 2 aromatic rings. The summed E-state index contributed by atoms with van der Waals surface area (Å²) in [5, 5.41) is 0. The molecule has 2 aliphatic rings. The number of benzene rings is 2. The number of amides is 1. The van der Waals surface area contributed by atoms with Crippen LogP contribution in [0.3, 0.4) is 0 Å². The molecule has 5 heteroatoms. The molecule has 0 N–H and O–H groups in total. The summed E-state index contributed by atoms with van der Waals surface area (Å²) in [4.78, 5) is 19.1. The van der Waals surface area contributed by atoms with Gasteiger partial charge in [0.15, 0.2) is 0 Å². The van der Waals surface area contributed by atoms with Gasteiger partial charge in [0.1, 0.15) is 5.82 Å². The molecule has 1 amide bonds. The van der Waals surface area contributed by atoms with Crippen molar-refractivity contribution in [2.45, 2.75) is 13.0 Å². The Hall–Kier alpha value is -2.50. The minimum Gasteiger partial charge on any atom is -0.339 e. The molecule has 4 rings (SSSR count). The summed E-state index contributed by atoms with van der Waals surface area (Å²) in [6, 6.07) is 17.4. The van der Waals surface area contributed by atoms with Gasteiger partial charge in [-0.3, -0.25) is 14.6 Å². The Morgan fingerprint density at radius 3 is 2.28 bits per heavy atom. The van der Waals surface area contributed by atoms with Crippen molar-refractivity contribution in [1.82, 2.24) is 14.7 Å². The lowest BCUT2D eigenvalue weighted by Gasteiger charge is -2.36. The first-order valence-corrected chi connectivity index (χ1v) is 10.4. The van der Waals surface area contributed by atoms with E-state index in [0.29, 0.717) is 26.2 Å². The SMILES string of the molecule is O=C(CN1CC=C(c2ccccc2)CC1)N1CCN(Cc2ccccc2F)CC1. The summed E-state index contributed by atoms with van der Waals surface area (Å²) in [6.07, 6.45) is 3.23.